The third kappa shape index (κ3) is 8.40. The Labute approximate surface area is 275 Å². The summed E-state index contributed by atoms with van der Waals surface area (Å²) in [5, 5.41) is 21.1. The monoisotopic (exact) mass is 706 g/mol. The molecule has 0 radical (unpaired) electrons. The van der Waals surface area contributed by atoms with E-state index >= 15 is 0 Å². The van der Waals surface area contributed by atoms with Crippen LogP contribution in [0.25, 0.3) is 0 Å². The predicted molar refractivity (Wildman–Crippen MR) is 159 cm³/mol. The van der Waals surface area contributed by atoms with Gasteiger partial charge in [0, 0.05) is 31.2 Å². The number of halogens is 9. The minimum atomic E-state index is -5.11. The summed E-state index contributed by atoms with van der Waals surface area (Å²) in [6.07, 6.45) is -11.3. The van der Waals surface area contributed by atoms with Crippen molar-refractivity contribution < 1.29 is 49.4 Å². The molecule has 3 aromatic rings. The molecule has 2 aromatic carbocycles. The first-order chi connectivity index (χ1) is 22.8. The first-order valence-corrected chi connectivity index (χ1v) is 15.8. The van der Waals surface area contributed by atoms with Crippen LogP contribution in [0.1, 0.15) is 85.7 Å². The van der Waals surface area contributed by atoms with Crippen LogP contribution in [0.4, 0.5) is 51.1 Å². The molecule has 1 saturated carbocycles. The maximum absolute atomic E-state index is 14.1. The molecule has 1 fully saturated rings. The molecular weight excluding hydrogens is 671 g/mol. The number of carbonyl (C=O) groups is 1. The van der Waals surface area contributed by atoms with Gasteiger partial charge < -0.3 is 14.9 Å². The van der Waals surface area contributed by atoms with Gasteiger partial charge in [0.1, 0.15) is 0 Å². The molecular formula is C32H35F9N6O2. The van der Waals surface area contributed by atoms with E-state index in [9.17, 15) is 49.4 Å². The molecule has 49 heavy (non-hydrogen) atoms. The van der Waals surface area contributed by atoms with Crippen LogP contribution in [0.2, 0.25) is 0 Å². The summed E-state index contributed by atoms with van der Waals surface area (Å²) < 4.78 is 125. The van der Waals surface area contributed by atoms with E-state index in [-0.39, 0.29) is 48.3 Å². The highest BCUT2D eigenvalue weighted by molar-refractivity contribution is 5.67. The number of benzene rings is 2. The quantitative estimate of drug-likeness (QED) is 0.224. The van der Waals surface area contributed by atoms with Crippen molar-refractivity contribution in [3.8, 4) is 0 Å². The predicted octanol–water partition coefficient (Wildman–Crippen LogP) is 8.28. The zero-order chi connectivity index (χ0) is 35.9. The van der Waals surface area contributed by atoms with Crippen molar-refractivity contribution in [1.29, 1.82) is 0 Å². The molecule has 268 valence electrons. The third-order valence-corrected chi connectivity index (χ3v) is 9.45. The second kappa shape index (κ2) is 13.7. The van der Waals surface area contributed by atoms with Crippen LogP contribution < -0.4 is 9.80 Å². The zero-order valence-electron chi connectivity index (χ0n) is 26.6. The van der Waals surface area contributed by atoms with Gasteiger partial charge in [-0.1, -0.05) is 12.0 Å². The molecule has 8 nitrogen and oxygen atoms in total. The number of aromatic nitrogens is 4. The molecule has 0 spiro atoms. The summed E-state index contributed by atoms with van der Waals surface area (Å²) in [7, 11) is 1.40. The van der Waals surface area contributed by atoms with E-state index in [0.29, 0.717) is 43.6 Å². The van der Waals surface area contributed by atoms with Crippen molar-refractivity contribution in [2.75, 3.05) is 16.3 Å². The van der Waals surface area contributed by atoms with Crippen molar-refractivity contribution in [2.45, 2.75) is 89.0 Å². The molecule has 2 unspecified atom stereocenters. The summed E-state index contributed by atoms with van der Waals surface area (Å²) in [5.74, 6) is -0.867. The van der Waals surface area contributed by atoms with Crippen molar-refractivity contribution in [2.24, 2.45) is 18.9 Å². The molecule has 2 atom stereocenters. The van der Waals surface area contributed by atoms with Crippen molar-refractivity contribution in [3.05, 3.63) is 64.2 Å². The van der Waals surface area contributed by atoms with Crippen molar-refractivity contribution in [1.82, 2.24) is 20.2 Å². The van der Waals surface area contributed by atoms with Gasteiger partial charge in [0.05, 0.1) is 29.8 Å². The Balaban J connectivity index is 1.58. The Morgan fingerprint density at radius 1 is 0.878 bits per heavy atom. The number of hydrogen-bond donors (Lipinski definition) is 1. The maximum atomic E-state index is 14.1. The Morgan fingerprint density at radius 3 is 1.98 bits per heavy atom. The van der Waals surface area contributed by atoms with Gasteiger partial charge in [0.2, 0.25) is 0 Å². The Morgan fingerprint density at radius 2 is 1.47 bits per heavy atom. The number of fused-ring (bicyclic) bond motifs is 1. The van der Waals surface area contributed by atoms with Gasteiger partial charge >= 0.3 is 24.5 Å². The first kappa shape index (κ1) is 36.2. The molecule has 0 saturated heterocycles. The summed E-state index contributed by atoms with van der Waals surface area (Å²) in [6, 6.07) is 3.20. The summed E-state index contributed by atoms with van der Waals surface area (Å²) >= 11 is 0. The molecule has 0 bridgehead atoms. The fourth-order valence-electron chi connectivity index (χ4n) is 7.06. The molecule has 17 heteroatoms. The van der Waals surface area contributed by atoms with Crippen LogP contribution in [0.15, 0.2) is 36.4 Å². The number of rotatable bonds is 9. The number of aryl methyl sites for hydroxylation is 1. The number of carboxylic acids is 1. The number of carboxylic acid groups (broad SMARTS) is 1. The lowest BCUT2D eigenvalue weighted by Gasteiger charge is -2.47. The van der Waals surface area contributed by atoms with Gasteiger partial charge in [-0.3, -0.25) is 4.79 Å². The Hall–Kier alpha value is -4.05. The number of nitrogens with zero attached hydrogens (tertiary/aromatic N) is 6. The largest absolute Gasteiger partial charge is 0.481 e. The fourth-order valence-corrected chi connectivity index (χ4v) is 7.06. The lowest BCUT2D eigenvalue weighted by atomic mass is 9.79. The van der Waals surface area contributed by atoms with Crippen LogP contribution >= 0.6 is 0 Å². The normalized spacial score (nSPS) is 21.8. The van der Waals surface area contributed by atoms with Crippen molar-refractivity contribution >= 4 is 17.6 Å². The van der Waals surface area contributed by atoms with Gasteiger partial charge in [-0.25, -0.2) is 0 Å². The minimum Gasteiger partial charge on any atom is -0.481 e. The van der Waals surface area contributed by atoms with Gasteiger partial charge in [0.15, 0.2) is 0 Å². The van der Waals surface area contributed by atoms with E-state index < -0.39 is 59.3 Å². The van der Waals surface area contributed by atoms with E-state index in [1.165, 1.54) is 18.0 Å². The zero-order valence-corrected chi connectivity index (χ0v) is 26.6. The first-order valence-electron chi connectivity index (χ1n) is 15.8. The number of hydrogen-bond acceptors (Lipinski definition) is 6. The van der Waals surface area contributed by atoms with E-state index in [4.69, 9.17) is 0 Å². The Kier molecular flexibility index (Phi) is 10.1. The summed E-state index contributed by atoms with van der Waals surface area (Å²) in [4.78, 5) is 15.6. The second-order valence-corrected chi connectivity index (χ2v) is 12.8. The minimum absolute atomic E-state index is 0.0140. The highest BCUT2D eigenvalue weighted by Crippen LogP contribution is 2.47. The molecule has 0 amide bonds. The lowest BCUT2D eigenvalue weighted by molar-refractivity contribution is -0.143. The third-order valence-electron chi connectivity index (χ3n) is 9.45. The highest BCUT2D eigenvalue weighted by Gasteiger charge is 2.42. The molecule has 1 aromatic heterocycles. The van der Waals surface area contributed by atoms with Gasteiger partial charge in [-0.2, -0.15) is 44.3 Å². The van der Waals surface area contributed by atoms with Crippen LogP contribution in [0.3, 0.4) is 0 Å². The maximum Gasteiger partial charge on any atom is 0.416 e. The van der Waals surface area contributed by atoms with E-state index in [0.717, 1.165) is 29.8 Å². The lowest BCUT2D eigenvalue weighted by Crippen LogP contribution is -2.47. The molecule has 5 rings (SSSR count). The van der Waals surface area contributed by atoms with Crippen LogP contribution in [-0.4, -0.2) is 43.9 Å². The average molecular weight is 707 g/mol. The van der Waals surface area contributed by atoms with Crippen molar-refractivity contribution in [3.63, 3.8) is 0 Å². The number of anilines is 2. The molecule has 1 aliphatic carbocycles. The van der Waals surface area contributed by atoms with Crippen LogP contribution in [0, 0.1) is 11.8 Å². The van der Waals surface area contributed by atoms with E-state index in [1.807, 2.05) is 11.8 Å². The van der Waals surface area contributed by atoms with Crippen LogP contribution in [0.5, 0.6) is 0 Å². The van der Waals surface area contributed by atoms with Gasteiger partial charge in [0.25, 0.3) is 5.95 Å². The number of alkyl halides is 9. The smallest absolute Gasteiger partial charge is 0.416 e. The molecule has 1 aliphatic heterocycles. The molecule has 1 N–H and O–H groups in total. The van der Waals surface area contributed by atoms with Crippen LogP contribution in [-0.2, 0) is 36.9 Å². The second-order valence-electron chi connectivity index (χ2n) is 12.8. The molecule has 2 aliphatic rings. The van der Waals surface area contributed by atoms with E-state index in [1.54, 1.807) is 0 Å². The fraction of sp³-hybridized carbons (Fsp3) is 0.562. The SMILES string of the molecule is CCC1CC(N(Cc2cc(C(F)(F)F)cc(C(F)(F)F)c2)c2nnn(C)n2)c2cc(C(F)(F)F)ccc2N1C[C@H]1CC[C@H](CC(=O)O)CC1. The Bertz CT molecular complexity index is 1600. The standard InChI is InChI=1S/C32H35F9N6O2/c1-3-24-15-27(47(29-42-44-45(2)43-29)17-20-10-22(31(36,37)38)13-23(11-20)32(39,40)41)25-14-21(30(33,34)35)8-9-26(25)46(24)16-19-6-4-18(5-7-19)12-28(48)49/h8-11,13-14,18-19,24,27H,3-7,12,15-17H2,1-2H3,(H,48,49)/t18-,19-,24?,27?. The van der Waals surface area contributed by atoms with E-state index in [2.05, 4.69) is 15.4 Å². The highest BCUT2D eigenvalue weighted by atomic mass is 19.4. The summed E-state index contributed by atoms with van der Waals surface area (Å²) in [6.45, 7) is 1.78. The molecule has 2 heterocycles. The van der Waals surface area contributed by atoms with Gasteiger partial charge in [-0.15, -0.1) is 5.10 Å². The average Bonchev–Trinajstić information content (AvgIpc) is 3.45. The van der Waals surface area contributed by atoms with Gasteiger partial charge in [-0.05, 0) is 103 Å². The topological polar surface area (TPSA) is 87.4 Å². The summed E-state index contributed by atoms with van der Waals surface area (Å²) in [5.41, 5.74) is -3.78. The number of aliphatic carboxylic acids is 1. The number of tetrazole rings is 1.